The molecule has 0 aliphatic heterocycles. The molecule has 1 unspecified atom stereocenters. The number of carbonyl (C=O) groups excluding carboxylic acids is 1. The van der Waals surface area contributed by atoms with Crippen LogP contribution < -0.4 is 5.32 Å². The predicted molar refractivity (Wildman–Crippen MR) is 49.0 cm³/mol. The highest BCUT2D eigenvalue weighted by Crippen LogP contribution is 2.07. The second kappa shape index (κ2) is 4.45. The third-order valence-corrected chi connectivity index (χ3v) is 1.27. The van der Waals surface area contributed by atoms with Crippen molar-refractivity contribution in [2.45, 2.75) is 46.3 Å². The highest BCUT2D eigenvalue weighted by molar-refractivity contribution is 5.75. The summed E-state index contributed by atoms with van der Waals surface area (Å²) >= 11 is 0. The van der Waals surface area contributed by atoms with Crippen molar-refractivity contribution in [1.82, 2.24) is 5.32 Å². The Bertz CT molecular complexity index is 149. The summed E-state index contributed by atoms with van der Waals surface area (Å²) in [5.74, 6) is -0.190. The van der Waals surface area contributed by atoms with E-state index in [1.54, 1.807) is 6.92 Å². The van der Waals surface area contributed by atoms with Gasteiger partial charge in [-0.1, -0.05) is 6.92 Å². The standard InChI is InChI=1S/C9H19NO2/c1-6-10-7(2)8(11)12-9(3,4)5/h7,10H,6H2,1-5H3. The summed E-state index contributed by atoms with van der Waals surface area (Å²) in [6.45, 7) is 10.1. The Labute approximate surface area is 74.5 Å². The number of nitrogens with one attached hydrogen (secondary N) is 1. The van der Waals surface area contributed by atoms with Crippen LogP contribution in [-0.4, -0.2) is 24.2 Å². The van der Waals surface area contributed by atoms with E-state index in [0.717, 1.165) is 6.54 Å². The van der Waals surface area contributed by atoms with E-state index in [0.29, 0.717) is 0 Å². The molecule has 0 amide bonds. The zero-order valence-corrected chi connectivity index (χ0v) is 8.60. The number of carbonyl (C=O) groups is 1. The minimum Gasteiger partial charge on any atom is -0.459 e. The number of esters is 1. The molecule has 0 aromatic rings. The number of hydrogen-bond acceptors (Lipinski definition) is 3. The van der Waals surface area contributed by atoms with E-state index >= 15 is 0 Å². The zero-order chi connectivity index (χ0) is 9.78. The smallest absolute Gasteiger partial charge is 0.323 e. The maximum absolute atomic E-state index is 11.3. The summed E-state index contributed by atoms with van der Waals surface area (Å²) in [6, 6.07) is -0.214. The van der Waals surface area contributed by atoms with Crippen molar-refractivity contribution >= 4 is 5.97 Å². The van der Waals surface area contributed by atoms with Gasteiger partial charge >= 0.3 is 5.97 Å². The normalized spacial score (nSPS) is 14.1. The summed E-state index contributed by atoms with van der Waals surface area (Å²) in [7, 11) is 0. The van der Waals surface area contributed by atoms with Gasteiger partial charge in [-0.25, -0.2) is 0 Å². The minimum absolute atomic E-state index is 0.190. The van der Waals surface area contributed by atoms with Gasteiger partial charge < -0.3 is 10.1 Å². The van der Waals surface area contributed by atoms with E-state index < -0.39 is 0 Å². The highest BCUT2D eigenvalue weighted by Gasteiger charge is 2.20. The Morgan fingerprint density at radius 3 is 2.33 bits per heavy atom. The van der Waals surface area contributed by atoms with E-state index in [2.05, 4.69) is 5.32 Å². The molecule has 0 aliphatic rings. The Kier molecular flexibility index (Phi) is 4.24. The summed E-state index contributed by atoms with van der Waals surface area (Å²) in [4.78, 5) is 11.3. The summed E-state index contributed by atoms with van der Waals surface area (Å²) < 4.78 is 5.15. The van der Waals surface area contributed by atoms with Crippen LogP contribution in [0.2, 0.25) is 0 Å². The minimum atomic E-state index is -0.388. The quantitative estimate of drug-likeness (QED) is 0.654. The molecular weight excluding hydrogens is 154 g/mol. The van der Waals surface area contributed by atoms with Crippen molar-refractivity contribution < 1.29 is 9.53 Å². The van der Waals surface area contributed by atoms with Crippen molar-refractivity contribution in [1.29, 1.82) is 0 Å². The first-order chi connectivity index (χ1) is 5.37. The maximum Gasteiger partial charge on any atom is 0.323 e. The second-order valence-electron chi connectivity index (χ2n) is 3.81. The number of likely N-dealkylation sites (N-methyl/N-ethyl adjacent to an activating group) is 1. The molecule has 1 atom stereocenters. The number of ether oxygens (including phenoxy) is 1. The summed E-state index contributed by atoms with van der Waals surface area (Å²) in [5.41, 5.74) is -0.388. The predicted octanol–water partition coefficient (Wildman–Crippen LogP) is 1.33. The van der Waals surface area contributed by atoms with Gasteiger partial charge in [0, 0.05) is 0 Å². The molecule has 0 spiro atoms. The zero-order valence-electron chi connectivity index (χ0n) is 8.60. The molecule has 0 heterocycles. The fourth-order valence-electron chi connectivity index (χ4n) is 0.780. The maximum atomic E-state index is 11.3. The molecule has 0 radical (unpaired) electrons. The first-order valence-corrected chi connectivity index (χ1v) is 4.33. The van der Waals surface area contributed by atoms with Crippen LogP contribution in [0.25, 0.3) is 0 Å². The molecule has 3 nitrogen and oxygen atoms in total. The van der Waals surface area contributed by atoms with Gasteiger partial charge in [0.15, 0.2) is 0 Å². The van der Waals surface area contributed by atoms with Gasteiger partial charge in [0.1, 0.15) is 11.6 Å². The lowest BCUT2D eigenvalue weighted by Gasteiger charge is -2.22. The molecule has 0 fully saturated rings. The van der Waals surface area contributed by atoms with Crippen molar-refractivity contribution in [2.24, 2.45) is 0 Å². The Balaban J connectivity index is 3.87. The van der Waals surface area contributed by atoms with Gasteiger partial charge in [-0.3, -0.25) is 4.79 Å². The van der Waals surface area contributed by atoms with Crippen LogP contribution in [0.3, 0.4) is 0 Å². The van der Waals surface area contributed by atoms with Crippen LogP contribution in [0.1, 0.15) is 34.6 Å². The average Bonchev–Trinajstić information content (AvgIpc) is 1.84. The van der Waals surface area contributed by atoms with Crippen LogP contribution in [-0.2, 0) is 9.53 Å². The van der Waals surface area contributed by atoms with Gasteiger partial charge in [-0.15, -0.1) is 0 Å². The molecule has 0 bridgehead atoms. The molecule has 72 valence electrons. The molecule has 0 aliphatic carbocycles. The Morgan fingerprint density at radius 2 is 2.00 bits per heavy atom. The lowest BCUT2D eigenvalue weighted by atomic mass is 10.2. The monoisotopic (exact) mass is 173 g/mol. The van der Waals surface area contributed by atoms with E-state index in [4.69, 9.17) is 4.74 Å². The van der Waals surface area contributed by atoms with E-state index in [1.807, 2.05) is 27.7 Å². The van der Waals surface area contributed by atoms with Crippen LogP contribution in [0.4, 0.5) is 0 Å². The van der Waals surface area contributed by atoms with Crippen molar-refractivity contribution in [3.05, 3.63) is 0 Å². The molecule has 0 saturated carbocycles. The first-order valence-electron chi connectivity index (χ1n) is 4.33. The third kappa shape index (κ3) is 5.13. The molecule has 0 rings (SSSR count). The Morgan fingerprint density at radius 1 is 1.50 bits per heavy atom. The van der Waals surface area contributed by atoms with E-state index in [9.17, 15) is 4.79 Å². The third-order valence-electron chi connectivity index (χ3n) is 1.27. The summed E-state index contributed by atoms with van der Waals surface area (Å²) in [5, 5.41) is 2.99. The molecule has 0 aromatic heterocycles. The molecule has 12 heavy (non-hydrogen) atoms. The van der Waals surface area contributed by atoms with Crippen molar-refractivity contribution in [3.8, 4) is 0 Å². The molecule has 3 heteroatoms. The fourth-order valence-corrected chi connectivity index (χ4v) is 0.780. The highest BCUT2D eigenvalue weighted by atomic mass is 16.6. The molecular formula is C9H19NO2. The van der Waals surface area contributed by atoms with Crippen LogP contribution in [0, 0.1) is 0 Å². The number of rotatable bonds is 3. The molecule has 0 aromatic carbocycles. The first kappa shape index (κ1) is 11.4. The van der Waals surface area contributed by atoms with Crippen molar-refractivity contribution in [2.75, 3.05) is 6.54 Å². The largest absolute Gasteiger partial charge is 0.459 e. The lowest BCUT2D eigenvalue weighted by molar-refractivity contribution is -0.156. The van der Waals surface area contributed by atoms with Gasteiger partial charge in [-0.2, -0.15) is 0 Å². The second-order valence-corrected chi connectivity index (χ2v) is 3.81. The van der Waals surface area contributed by atoms with E-state index in [-0.39, 0.29) is 17.6 Å². The fraction of sp³-hybridized carbons (Fsp3) is 0.889. The number of hydrogen-bond donors (Lipinski definition) is 1. The van der Waals surface area contributed by atoms with Crippen LogP contribution in [0.15, 0.2) is 0 Å². The van der Waals surface area contributed by atoms with E-state index in [1.165, 1.54) is 0 Å². The SMILES string of the molecule is CCNC(C)C(=O)OC(C)(C)C. The van der Waals surface area contributed by atoms with Gasteiger partial charge in [0.25, 0.3) is 0 Å². The van der Waals surface area contributed by atoms with Crippen LogP contribution in [0.5, 0.6) is 0 Å². The average molecular weight is 173 g/mol. The molecule has 1 N–H and O–H groups in total. The lowest BCUT2D eigenvalue weighted by Crippen LogP contribution is -2.39. The summed E-state index contributed by atoms with van der Waals surface area (Å²) in [6.07, 6.45) is 0. The van der Waals surface area contributed by atoms with Gasteiger partial charge in [-0.05, 0) is 34.2 Å². The molecule has 0 saturated heterocycles. The van der Waals surface area contributed by atoms with Crippen LogP contribution >= 0.6 is 0 Å². The van der Waals surface area contributed by atoms with Gasteiger partial charge in [0.05, 0.1) is 0 Å². The topological polar surface area (TPSA) is 38.3 Å². The Hall–Kier alpha value is -0.570. The van der Waals surface area contributed by atoms with Gasteiger partial charge in [0.2, 0.25) is 0 Å². The van der Waals surface area contributed by atoms with Crippen molar-refractivity contribution in [3.63, 3.8) is 0 Å².